The van der Waals surface area contributed by atoms with Gasteiger partial charge in [0, 0.05) is 25.7 Å². The van der Waals surface area contributed by atoms with E-state index in [9.17, 15) is 4.21 Å². The van der Waals surface area contributed by atoms with Gasteiger partial charge in [0.15, 0.2) is 11.2 Å². The number of nitrogens with zero attached hydrogens (tertiary/aromatic N) is 2. The maximum absolute atomic E-state index is 11.5. The summed E-state index contributed by atoms with van der Waals surface area (Å²) >= 11 is -0.968. The zero-order chi connectivity index (χ0) is 11.8. The third-order valence-electron chi connectivity index (χ3n) is 2.26. The van der Waals surface area contributed by atoms with E-state index in [1.165, 1.54) is 0 Å². The molecule has 5 heteroatoms. The molecule has 1 aliphatic heterocycles. The fraction of sp³-hybridized carbons (Fsp3) is 1.00. The Hall–Kier alpha value is 0.0300. The lowest BCUT2D eigenvalue weighted by Crippen LogP contribution is -2.49. The van der Waals surface area contributed by atoms with Crippen LogP contribution >= 0.6 is 0 Å². The van der Waals surface area contributed by atoms with Gasteiger partial charge in [0.1, 0.15) is 0 Å². The molecule has 0 saturated carbocycles. The summed E-state index contributed by atoms with van der Waals surface area (Å²) in [5, 5.41) is 0. The molecule has 0 aromatic heterocycles. The van der Waals surface area contributed by atoms with Crippen molar-refractivity contribution in [2.24, 2.45) is 0 Å². The van der Waals surface area contributed by atoms with E-state index in [-0.39, 0.29) is 0 Å². The Morgan fingerprint density at radius 2 is 2.07 bits per heavy atom. The van der Waals surface area contributed by atoms with Gasteiger partial charge in [-0.25, -0.2) is 13.2 Å². The Morgan fingerprint density at radius 3 is 2.53 bits per heavy atom. The first-order valence-electron chi connectivity index (χ1n) is 5.68. The molecule has 1 aliphatic rings. The minimum absolute atomic E-state index is 0.432. The summed E-state index contributed by atoms with van der Waals surface area (Å²) < 4.78 is 16.5. The van der Waals surface area contributed by atoms with E-state index in [2.05, 4.69) is 16.5 Å². The highest BCUT2D eigenvalue weighted by Gasteiger charge is 2.23. The highest BCUT2D eigenvalue weighted by atomic mass is 32.2. The van der Waals surface area contributed by atoms with Crippen LogP contribution in [0.4, 0.5) is 0 Å². The van der Waals surface area contributed by atoms with Crippen LogP contribution in [0.2, 0.25) is 0 Å². The number of hydrogen-bond acceptors (Lipinski definition) is 2. The van der Waals surface area contributed by atoms with Crippen molar-refractivity contribution in [3.63, 3.8) is 0 Å². The van der Waals surface area contributed by atoms with Gasteiger partial charge in [-0.05, 0) is 27.4 Å². The average molecular weight is 235 g/mol. The molecule has 92 valence electrons. The number of nitrogens with one attached hydrogen (secondary N) is 1. The lowest BCUT2D eigenvalue weighted by atomic mass is 10.2. The van der Waals surface area contributed by atoms with Gasteiger partial charge in [0.25, 0.3) is 0 Å². The molecular formula is C10H25N3OS. The van der Waals surface area contributed by atoms with Crippen molar-refractivity contribution in [3.05, 3.63) is 0 Å². The van der Waals surface area contributed by atoms with Gasteiger partial charge in [-0.15, -0.1) is 0 Å². The summed E-state index contributed by atoms with van der Waals surface area (Å²) in [4.78, 5) is 2.11. The molecule has 15 heavy (non-hydrogen) atoms. The molecule has 0 aromatic rings. The lowest BCUT2D eigenvalue weighted by molar-refractivity contribution is 0.280. The van der Waals surface area contributed by atoms with Crippen molar-refractivity contribution < 1.29 is 4.21 Å². The minimum atomic E-state index is -0.968. The van der Waals surface area contributed by atoms with Gasteiger partial charge in [-0.3, -0.25) is 0 Å². The average Bonchev–Trinajstić information content (AvgIpc) is 2.20. The molecule has 1 saturated heterocycles. The summed E-state index contributed by atoms with van der Waals surface area (Å²) in [7, 11) is 4.07. The van der Waals surface area contributed by atoms with Crippen molar-refractivity contribution >= 4 is 11.2 Å². The predicted molar refractivity (Wildman–Crippen MR) is 66.8 cm³/mol. The first-order valence-corrected chi connectivity index (χ1v) is 6.78. The predicted octanol–water partition coefficient (Wildman–Crippen LogP) is 0.837. The maximum atomic E-state index is 11.5. The topological polar surface area (TPSA) is 35.6 Å². The molecule has 0 amide bonds. The van der Waals surface area contributed by atoms with E-state index in [0.29, 0.717) is 6.04 Å². The molecule has 4 nitrogen and oxygen atoms in total. The van der Waals surface area contributed by atoms with Crippen LogP contribution in [0.15, 0.2) is 0 Å². The van der Waals surface area contributed by atoms with Gasteiger partial charge >= 0.3 is 0 Å². The Morgan fingerprint density at radius 1 is 1.47 bits per heavy atom. The molecule has 2 unspecified atom stereocenters. The van der Waals surface area contributed by atoms with Gasteiger partial charge in [-0.1, -0.05) is 13.8 Å². The van der Waals surface area contributed by atoms with E-state index in [4.69, 9.17) is 0 Å². The summed E-state index contributed by atoms with van der Waals surface area (Å²) in [6.45, 7) is 8.83. The van der Waals surface area contributed by atoms with Crippen LogP contribution in [0.5, 0.6) is 0 Å². The van der Waals surface area contributed by atoms with Gasteiger partial charge < -0.3 is 4.90 Å². The van der Waals surface area contributed by atoms with Crippen molar-refractivity contribution in [3.8, 4) is 0 Å². The normalized spacial score (nSPS) is 27.3. The van der Waals surface area contributed by atoms with E-state index >= 15 is 0 Å². The van der Waals surface area contributed by atoms with Gasteiger partial charge in [0.2, 0.25) is 0 Å². The molecule has 0 spiro atoms. The molecule has 2 atom stereocenters. The molecule has 1 fully saturated rings. The van der Waals surface area contributed by atoms with E-state index in [1.54, 1.807) is 0 Å². The SMILES string of the molecule is CC.CC1CCNS(=O)N1CCN(C)C. The molecule has 0 bridgehead atoms. The van der Waals surface area contributed by atoms with Gasteiger partial charge in [-0.2, -0.15) is 0 Å². The maximum Gasteiger partial charge on any atom is 0.170 e. The van der Waals surface area contributed by atoms with Crippen LogP contribution in [-0.2, 0) is 11.2 Å². The lowest BCUT2D eigenvalue weighted by Gasteiger charge is -2.32. The molecule has 0 radical (unpaired) electrons. The third-order valence-corrected chi connectivity index (χ3v) is 3.68. The van der Waals surface area contributed by atoms with Crippen LogP contribution < -0.4 is 4.72 Å². The Kier molecular flexibility index (Phi) is 8.23. The monoisotopic (exact) mass is 235 g/mol. The third kappa shape index (κ3) is 5.61. The molecule has 1 rings (SSSR count). The van der Waals surface area contributed by atoms with Crippen LogP contribution in [0.1, 0.15) is 27.2 Å². The number of likely N-dealkylation sites (N-methyl/N-ethyl adjacent to an activating group) is 1. The zero-order valence-corrected chi connectivity index (χ0v) is 11.4. The Labute approximate surface area is 96.7 Å². The molecular weight excluding hydrogens is 210 g/mol. The van der Waals surface area contributed by atoms with E-state index < -0.39 is 11.2 Å². The highest BCUT2D eigenvalue weighted by Crippen LogP contribution is 2.09. The van der Waals surface area contributed by atoms with Crippen molar-refractivity contribution in [1.29, 1.82) is 0 Å². The van der Waals surface area contributed by atoms with Crippen LogP contribution in [-0.4, -0.2) is 53.2 Å². The standard InChI is InChI=1S/C8H19N3OS.C2H6/c1-8-4-5-9-13(12)11(8)7-6-10(2)3;1-2/h8-9H,4-7H2,1-3H3;1-2H3. The minimum Gasteiger partial charge on any atom is -0.308 e. The highest BCUT2D eigenvalue weighted by molar-refractivity contribution is 7.80. The summed E-state index contributed by atoms with van der Waals surface area (Å²) in [5.41, 5.74) is 0. The molecule has 1 N–H and O–H groups in total. The first-order chi connectivity index (χ1) is 7.11. The number of hydrogen-bond donors (Lipinski definition) is 1. The molecule has 0 aromatic carbocycles. The quantitative estimate of drug-likeness (QED) is 0.787. The number of rotatable bonds is 3. The summed E-state index contributed by atoms with van der Waals surface area (Å²) in [5.74, 6) is 0. The summed E-state index contributed by atoms with van der Waals surface area (Å²) in [6, 6.07) is 0.432. The van der Waals surface area contributed by atoms with Crippen molar-refractivity contribution in [2.45, 2.75) is 33.2 Å². The largest absolute Gasteiger partial charge is 0.308 e. The Bertz CT molecular complexity index is 188. The summed E-state index contributed by atoms with van der Waals surface area (Å²) in [6.07, 6.45) is 1.08. The van der Waals surface area contributed by atoms with Crippen molar-refractivity contribution in [1.82, 2.24) is 13.9 Å². The fourth-order valence-electron chi connectivity index (χ4n) is 1.35. The van der Waals surface area contributed by atoms with E-state index in [1.807, 2.05) is 32.2 Å². The van der Waals surface area contributed by atoms with Crippen LogP contribution in [0.25, 0.3) is 0 Å². The second-order valence-corrected chi connectivity index (χ2v) is 4.98. The van der Waals surface area contributed by atoms with Crippen LogP contribution in [0, 0.1) is 0 Å². The smallest absolute Gasteiger partial charge is 0.170 e. The molecule has 1 heterocycles. The molecule has 0 aliphatic carbocycles. The second kappa shape index (κ2) is 8.21. The zero-order valence-electron chi connectivity index (χ0n) is 10.6. The second-order valence-electron chi connectivity index (χ2n) is 3.73. The van der Waals surface area contributed by atoms with Crippen LogP contribution in [0.3, 0.4) is 0 Å². The van der Waals surface area contributed by atoms with Crippen molar-refractivity contribution in [2.75, 3.05) is 33.7 Å². The van der Waals surface area contributed by atoms with Gasteiger partial charge in [0.05, 0.1) is 0 Å². The Balaban J connectivity index is 0.000000921. The first kappa shape index (κ1) is 15.0. The van der Waals surface area contributed by atoms with E-state index in [0.717, 1.165) is 26.1 Å². The fourth-order valence-corrected chi connectivity index (χ4v) is 2.49.